The van der Waals surface area contributed by atoms with Gasteiger partial charge in [0, 0.05) is 29.1 Å². The highest BCUT2D eigenvalue weighted by atomic mass is 79.9. The Balaban J connectivity index is 1.54. The summed E-state index contributed by atoms with van der Waals surface area (Å²) < 4.78 is 12.0. The van der Waals surface area contributed by atoms with Gasteiger partial charge in [-0.3, -0.25) is 9.59 Å². The van der Waals surface area contributed by atoms with Gasteiger partial charge in [0.2, 0.25) is 11.8 Å². The maximum Gasteiger partial charge on any atom is 0.246 e. The Kier molecular flexibility index (Phi) is 5.13. The highest BCUT2D eigenvalue weighted by Gasteiger charge is 2.29. The summed E-state index contributed by atoms with van der Waals surface area (Å²) in [6.45, 7) is 2.96. The highest BCUT2D eigenvalue weighted by molar-refractivity contribution is 9.10. The SMILES string of the molecule is C[C@H]1CC(=O)Nc2ccccc2N1C(=O)CNc1cc2c(cc1Br)OCCO2. The minimum absolute atomic E-state index is 0.0745. The van der Waals surface area contributed by atoms with Crippen LogP contribution in [0.5, 0.6) is 11.5 Å². The standard InChI is InChI=1S/C20H20BrN3O4/c1-12-8-19(25)23-14-4-2-3-5-16(14)24(12)20(26)11-22-15-10-18-17(9-13(15)21)27-6-7-28-18/h2-5,9-10,12,22H,6-8,11H2,1H3,(H,23,25)/t12-/m0/s1. The largest absolute Gasteiger partial charge is 0.486 e. The number of nitrogens with one attached hydrogen (secondary N) is 2. The van der Waals surface area contributed by atoms with E-state index in [2.05, 4.69) is 26.6 Å². The molecular weight excluding hydrogens is 426 g/mol. The third kappa shape index (κ3) is 3.64. The summed E-state index contributed by atoms with van der Waals surface area (Å²) in [4.78, 5) is 26.8. The molecule has 2 heterocycles. The molecule has 0 spiro atoms. The summed E-state index contributed by atoms with van der Waals surface area (Å²) >= 11 is 3.50. The normalized spacial score (nSPS) is 18.0. The van der Waals surface area contributed by atoms with Gasteiger partial charge >= 0.3 is 0 Å². The van der Waals surface area contributed by atoms with Crippen LogP contribution in [0.1, 0.15) is 13.3 Å². The summed E-state index contributed by atoms with van der Waals surface area (Å²) in [6.07, 6.45) is 0.244. The number of nitrogens with zero attached hydrogens (tertiary/aromatic N) is 1. The molecule has 4 rings (SSSR count). The summed E-state index contributed by atoms with van der Waals surface area (Å²) in [5, 5.41) is 6.03. The summed E-state index contributed by atoms with van der Waals surface area (Å²) in [7, 11) is 0. The van der Waals surface area contributed by atoms with E-state index in [-0.39, 0.29) is 30.8 Å². The molecule has 2 aromatic carbocycles. The molecule has 1 atom stereocenters. The van der Waals surface area contributed by atoms with E-state index in [4.69, 9.17) is 9.47 Å². The maximum absolute atomic E-state index is 13.1. The number of fused-ring (bicyclic) bond motifs is 2. The average Bonchev–Trinajstić information content (AvgIpc) is 2.80. The zero-order chi connectivity index (χ0) is 19.7. The van der Waals surface area contributed by atoms with E-state index in [9.17, 15) is 9.59 Å². The molecule has 8 heteroatoms. The van der Waals surface area contributed by atoms with Gasteiger partial charge in [-0.1, -0.05) is 12.1 Å². The number of amides is 2. The topological polar surface area (TPSA) is 79.9 Å². The Morgan fingerprint density at radius 1 is 1.25 bits per heavy atom. The first-order chi connectivity index (χ1) is 13.5. The molecule has 0 bridgehead atoms. The highest BCUT2D eigenvalue weighted by Crippen LogP contribution is 2.38. The van der Waals surface area contributed by atoms with Crippen molar-refractivity contribution in [2.75, 3.05) is 35.3 Å². The number of hydrogen-bond donors (Lipinski definition) is 2. The number of carbonyl (C=O) groups excluding carboxylic acids is 2. The van der Waals surface area contributed by atoms with E-state index >= 15 is 0 Å². The van der Waals surface area contributed by atoms with Gasteiger partial charge in [-0.25, -0.2) is 0 Å². The first-order valence-electron chi connectivity index (χ1n) is 9.07. The molecule has 2 aromatic rings. The lowest BCUT2D eigenvalue weighted by molar-refractivity contribution is -0.118. The fraction of sp³-hybridized carbons (Fsp3) is 0.300. The molecule has 2 amide bonds. The van der Waals surface area contributed by atoms with Crippen molar-refractivity contribution in [3.63, 3.8) is 0 Å². The van der Waals surface area contributed by atoms with Crippen molar-refractivity contribution < 1.29 is 19.1 Å². The molecule has 0 radical (unpaired) electrons. The average molecular weight is 446 g/mol. The molecule has 28 heavy (non-hydrogen) atoms. The maximum atomic E-state index is 13.1. The number of carbonyl (C=O) groups is 2. The first-order valence-corrected chi connectivity index (χ1v) is 9.86. The van der Waals surface area contributed by atoms with E-state index in [0.29, 0.717) is 36.1 Å². The fourth-order valence-corrected chi connectivity index (χ4v) is 3.89. The fourth-order valence-electron chi connectivity index (χ4n) is 3.42. The van der Waals surface area contributed by atoms with Crippen LogP contribution in [0.3, 0.4) is 0 Å². The van der Waals surface area contributed by atoms with Crippen molar-refractivity contribution in [3.05, 3.63) is 40.9 Å². The van der Waals surface area contributed by atoms with Gasteiger partial charge in [-0.15, -0.1) is 0 Å². The van der Waals surface area contributed by atoms with E-state index in [0.717, 1.165) is 10.2 Å². The molecule has 0 fully saturated rings. The van der Waals surface area contributed by atoms with Crippen LogP contribution in [0.15, 0.2) is 40.9 Å². The van der Waals surface area contributed by atoms with E-state index in [1.54, 1.807) is 11.0 Å². The molecule has 0 aromatic heterocycles. The van der Waals surface area contributed by atoms with E-state index in [1.165, 1.54) is 0 Å². The second kappa shape index (κ2) is 7.71. The Morgan fingerprint density at radius 2 is 1.96 bits per heavy atom. The van der Waals surface area contributed by atoms with E-state index in [1.807, 2.05) is 37.3 Å². The van der Waals surface area contributed by atoms with Crippen LogP contribution in [0, 0.1) is 0 Å². The predicted molar refractivity (Wildman–Crippen MR) is 110 cm³/mol. The van der Waals surface area contributed by atoms with Gasteiger partial charge < -0.3 is 25.0 Å². The lowest BCUT2D eigenvalue weighted by atomic mass is 10.1. The summed E-state index contributed by atoms with van der Waals surface area (Å²) in [5.74, 6) is 1.10. The number of halogens is 1. The van der Waals surface area contributed by atoms with Crippen LogP contribution >= 0.6 is 15.9 Å². The summed E-state index contributed by atoms with van der Waals surface area (Å²) in [5.41, 5.74) is 2.09. The molecule has 0 saturated heterocycles. The Hall–Kier alpha value is -2.74. The molecular formula is C20H20BrN3O4. The van der Waals surface area contributed by atoms with Crippen molar-refractivity contribution >= 4 is 44.8 Å². The van der Waals surface area contributed by atoms with Crippen molar-refractivity contribution in [2.45, 2.75) is 19.4 Å². The van der Waals surface area contributed by atoms with Gasteiger partial charge in [0.15, 0.2) is 11.5 Å². The predicted octanol–water partition coefficient (Wildman–Crippen LogP) is 3.40. The monoisotopic (exact) mass is 445 g/mol. The number of ether oxygens (including phenoxy) is 2. The zero-order valence-electron chi connectivity index (χ0n) is 15.3. The quantitative estimate of drug-likeness (QED) is 0.756. The van der Waals surface area contributed by atoms with Crippen LogP contribution in [0.2, 0.25) is 0 Å². The lowest BCUT2D eigenvalue weighted by Gasteiger charge is -2.28. The molecule has 0 saturated carbocycles. The number of hydrogen-bond acceptors (Lipinski definition) is 5. The Morgan fingerprint density at radius 3 is 2.75 bits per heavy atom. The van der Waals surface area contributed by atoms with Gasteiger partial charge in [-0.05, 0) is 35.0 Å². The van der Waals surface area contributed by atoms with Crippen molar-refractivity contribution in [2.24, 2.45) is 0 Å². The molecule has 7 nitrogen and oxygen atoms in total. The van der Waals surface area contributed by atoms with E-state index < -0.39 is 0 Å². The van der Waals surface area contributed by atoms with Crippen LogP contribution in [0.4, 0.5) is 17.1 Å². The van der Waals surface area contributed by atoms with Crippen LogP contribution in [-0.4, -0.2) is 37.6 Å². The molecule has 0 unspecified atom stereocenters. The molecule has 146 valence electrons. The second-order valence-electron chi connectivity index (χ2n) is 6.71. The van der Waals surface area contributed by atoms with Crippen molar-refractivity contribution in [1.29, 1.82) is 0 Å². The van der Waals surface area contributed by atoms with Gasteiger partial charge in [0.1, 0.15) is 13.2 Å². The third-order valence-electron chi connectivity index (χ3n) is 4.69. The number of para-hydroxylation sites is 2. The van der Waals surface area contributed by atoms with Gasteiger partial charge in [-0.2, -0.15) is 0 Å². The minimum atomic E-state index is -0.248. The van der Waals surface area contributed by atoms with Crippen LogP contribution < -0.4 is 25.0 Å². The van der Waals surface area contributed by atoms with Crippen molar-refractivity contribution in [1.82, 2.24) is 0 Å². The van der Waals surface area contributed by atoms with Crippen molar-refractivity contribution in [3.8, 4) is 11.5 Å². The molecule has 2 N–H and O–H groups in total. The smallest absolute Gasteiger partial charge is 0.246 e. The number of benzene rings is 2. The minimum Gasteiger partial charge on any atom is -0.486 e. The molecule has 0 aliphatic carbocycles. The summed E-state index contributed by atoms with van der Waals surface area (Å²) in [6, 6.07) is 10.7. The van der Waals surface area contributed by atoms with Crippen LogP contribution in [-0.2, 0) is 9.59 Å². The molecule has 2 aliphatic rings. The Labute approximate surface area is 171 Å². The zero-order valence-corrected chi connectivity index (χ0v) is 16.9. The second-order valence-corrected chi connectivity index (χ2v) is 7.57. The Bertz CT molecular complexity index is 934. The van der Waals surface area contributed by atoms with Gasteiger partial charge in [0.05, 0.1) is 23.6 Å². The lowest BCUT2D eigenvalue weighted by Crippen LogP contribution is -2.42. The number of rotatable bonds is 3. The first kappa shape index (κ1) is 18.6. The third-order valence-corrected chi connectivity index (χ3v) is 5.35. The van der Waals surface area contributed by atoms with Gasteiger partial charge in [0.25, 0.3) is 0 Å². The number of anilines is 3. The van der Waals surface area contributed by atoms with Crippen LogP contribution in [0.25, 0.3) is 0 Å². The molecule has 2 aliphatic heterocycles.